The van der Waals surface area contributed by atoms with Crippen LogP contribution in [0.1, 0.15) is 10.6 Å². The summed E-state index contributed by atoms with van der Waals surface area (Å²) in [5.74, 6) is -1.03. The van der Waals surface area contributed by atoms with Crippen molar-refractivity contribution >= 4 is 5.97 Å². The van der Waals surface area contributed by atoms with Crippen LogP contribution in [0.15, 0.2) is 24.7 Å². The Balaban J connectivity index is 2.52. The molecule has 0 bridgehead atoms. The molecule has 0 aliphatic rings. The topological polar surface area (TPSA) is 93.8 Å². The number of hydrogen-bond donors (Lipinski definition) is 1. The fourth-order valence-corrected chi connectivity index (χ4v) is 0.961. The van der Waals surface area contributed by atoms with E-state index in [2.05, 4.69) is 20.3 Å². The van der Waals surface area contributed by atoms with Crippen molar-refractivity contribution in [3.8, 4) is 5.82 Å². The Labute approximate surface area is 78.0 Å². The average molecular weight is 191 g/mol. The minimum Gasteiger partial charge on any atom is -0.475 e. The van der Waals surface area contributed by atoms with Gasteiger partial charge in [-0.1, -0.05) is 0 Å². The van der Waals surface area contributed by atoms with Crippen LogP contribution >= 0.6 is 0 Å². The number of carboxylic acid groups (broad SMARTS) is 1. The summed E-state index contributed by atoms with van der Waals surface area (Å²) in [7, 11) is 0. The summed E-state index contributed by atoms with van der Waals surface area (Å²) in [6, 6.07) is 3.23. The average Bonchev–Trinajstić information content (AvgIpc) is 2.67. The number of hydrogen-bond acceptors (Lipinski definition) is 5. The molecule has 0 amide bonds. The molecule has 0 saturated heterocycles. The third-order valence-electron chi connectivity index (χ3n) is 1.51. The highest BCUT2D eigenvalue weighted by Gasteiger charge is 2.14. The van der Waals surface area contributed by atoms with Crippen LogP contribution in [0, 0.1) is 0 Å². The van der Waals surface area contributed by atoms with Crippen molar-refractivity contribution < 1.29 is 9.90 Å². The maximum atomic E-state index is 10.7. The summed E-state index contributed by atoms with van der Waals surface area (Å²) in [6.07, 6.45) is 2.64. The van der Waals surface area contributed by atoms with Crippen molar-refractivity contribution in [1.82, 2.24) is 25.0 Å². The third kappa shape index (κ3) is 1.30. The summed E-state index contributed by atoms with van der Waals surface area (Å²) in [4.78, 5) is 14.3. The first-order valence-electron chi connectivity index (χ1n) is 3.70. The highest BCUT2D eigenvalue weighted by Crippen LogP contribution is 2.02. The van der Waals surface area contributed by atoms with Crippen molar-refractivity contribution in [3.63, 3.8) is 0 Å². The third-order valence-corrected chi connectivity index (χ3v) is 1.51. The van der Waals surface area contributed by atoms with Gasteiger partial charge in [0.25, 0.3) is 0 Å². The van der Waals surface area contributed by atoms with E-state index in [0.717, 1.165) is 11.0 Å². The molecule has 2 rings (SSSR count). The van der Waals surface area contributed by atoms with Gasteiger partial charge >= 0.3 is 5.97 Å². The molecule has 0 fully saturated rings. The van der Waals surface area contributed by atoms with Crippen molar-refractivity contribution in [2.45, 2.75) is 0 Å². The molecule has 0 aliphatic heterocycles. The van der Waals surface area contributed by atoms with Crippen LogP contribution in [0.3, 0.4) is 0 Å². The molecule has 14 heavy (non-hydrogen) atoms. The minimum atomic E-state index is -1.16. The van der Waals surface area contributed by atoms with Crippen molar-refractivity contribution in [1.29, 1.82) is 0 Å². The SMILES string of the molecule is O=C(O)c1ncnn1-c1cccnn1. The lowest BCUT2D eigenvalue weighted by atomic mass is 10.5. The zero-order valence-corrected chi connectivity index (χ0v) is 6.90. The fraction of sp³-hybridized carbons (Fsp3) is 0. The lowest BCUT2D eigenvalue weighted by molar-refractivity contribution is 0.0680. The molecule has 0 saturated carbocycles. The van der Waals surface area contributed by atoms with Gasteiger partial charge in [-0.3, -0.25) is 0 Å². The Morgan fingerprint density at radius 3 is 3.00 bits per heavy atom. The molecule has 2 aromatic heterocycles. The van der Waals surface area contributed by atoms with Gasteiger partial charge in [-0.2, -0.15) is 14.9 Å². The number of carboxylic acids is 1. The Bertz CT molecular complexity index is 452. The van der Waals surface area contributed by atoms with E-state index < -0.39 is 5.97 Å². The maximum Gasteiger partial charge on any atom is 0.374 e. The second-order valence-electron chi connectivity index (χ2n) is 2.38. The van der Waals surface area contributed by atoms with Gasteiger partial charge in [-0.25, -0.2) is 9.78 Å². The second kappa shape index (κ2) is 3.21. The van der Waals surface area contributed by atoms with E-state index in [0.29, 0.717) is 5.82 Å². The fourth-order valence-electron chi connectivity index (χ4n) is 0.961. The highest BCUT2D eigenvalue weighted by molar-refractivity contribution is 5.83. The van der Waals surface area contributed by atoms with Gasteiger partial charge < -0.3 is 5.11 Å². The normalized spacial score (nSPS) is 10.0. The number of carbonyl (C=O) groups is 1. The molecule has 2 aromatic rings. The molecule has 0 aromatic carbocycles. The van der Waals surface area contributed by atoms with Gasteiger partial charge in [0, 0.05) is 6.20 Å². The van der Waals surface area contributed by atoms with Gasteiger partial charge in [-0.15, -0.1) is 5.10 Å². The largest absolute Gasteiger partial charge is 0.475 e. The quantitative estimate of drug-likeness (QED) is 0.703. The first kappa shape index (κ1) is 8.30. The maximum absolute atomic E-state index is 10.7. The molecule has 0 atom stereocenters. The summed E-state index contributed by atoms with van der Waals surface area (Å²) in [5, 5.41) is 19.8. The highest BCUT2D eigenvalue weighted by atomic mass is 16.4. The van der Waals surface area contributed by atoms with E-state index in [4.69, 9.17) is 5.11 Å². The Kier molecular flexibility index (Phi) is 1.90. The molecular formula is C7H5N5O2. The predicted octanol–water partition coefficient (Wildman–Crippen LogP) is -0.245. The van der Waals surface area contributed by atoms with E-state index in [1.54, 1.807) is 12.1 Å². The monoisotopic (exact) mass is 191 g/mol. The van der Waals surface area contributed by atoms with Crippen molar-refractivity contribution in [2.75, 3.05) is 0 Å². The van der Waals surface area contributed by atoms with Crippen LogP contribution < -0.4 is 0 Å². The van der Waals surface area contributed by atoms with E-state index >= 15 is 0 Å². The number of rotatable bonds is 2. The van der Waals surface area contributed by atoms with E-state index in [9.17, 15) is 4.79 Å². The molecule has 0 spiro atoms. The van der Waals surface area contributed by atoms with Gasteiger partial charge in [0.15, 0.2) is 5.82 Å². The second-order valence-corrected chi connectivity index (χ2v) is 2.38. The molecule has 7 nitrogen and oxygen atoms in total. The summed E-state index contributed by atoms with van der Waals surface area (Å²) in [5.41, 5.74) is 0. The number of nitrogens with zero attached hydrogens (tertiary/aromatic N) is 5. The van der Waals surface area contributed by atoms with Crippen LogP contribution in [-0.4, -0.2) is 36.0 Å². The summed E-state index contributed by atoms with van der Waals surface area (Å²) < 4.78 is 1.11. The first-order chi connectivity index (χ1) is 6.79. The van der Waals surface area contributed by atoms with Crippen LogP contribution in [0.5, 0.6) is 0 Å². The van der Waals surface area contributed by atoms with Gasteiger partial charge in [0.05, 0.1) is 0 Å². The van der Waals surface area contributed by atoms with E-state index in [1.165, 1.54) is 6.20 Å². The summed E-state index contributed by atoms with van der Waals surface area (Å²) in [6.45, 7) is 0. The smallest absolute Gasteiger partial charge is 0.374 e. The van der Waals surface area contributed by atoms with Crippen molar-refractivity contribution in [2.24, 2.45) is 0 Å². The Morgan fingerprint density at radius 1 is 1.50 bits per heavy atom. The molecule has 0 aliphatic carbocycles. The van der Waals surface area contributed by atoms with E-state index in [-0.39, 0.29) is 5.82 Å². The lowest BCUT2D eigenvalue weighted by Crippen LogP contribution is -2.10. The van der Waals surface area contributed by atoms with E-state index in [1.807, 2.05) is 0 Å². The molecular weight excluding hydrogens is 186 g/mol. The summed E-state index contributed by atoms with van der Waals surface area (Å²) >= 11 is 0. The van der Waals surface area contributed by atoms with Gasteiger partial charge in [0.1, 0.15) is 6.33 Å². The minimum absolute atomic E-state index is 0.189. The van der Waals surface area contributed by atoms with Crippen LogP contribution in [0.4, 0.5) is 0 Å². The van der Waals surface area contributed by atoms with Crippen LogP contribution in [-0.2, 0) is 0 Å². The lowest BCUT2D eigenvalue weighted by Gasteiger charge is -1.98. The number of aromatic nitrogens is 5. The van der Waals surface area contributed by atoms with Crippen LogP contribution in [0.25, 0.3) is 5.82 Å². The van der Waals surface area contributed by atoms with Crippen molar-refractivity contribution in [3.05, 3.63) is 30.5 Å². The first-order valence-corrected chi connectivity index (χ1v) is 3.70. The molecule has 0 radical (unpaired) electrons. The molecule has 0 unspecified atom stereocenters. The molecule has 1 N–H and O–H groups in total. The standard InChI is InChI=1S/C7H5N5O2/c13-7(14)6-8-4-10-12(6)5-2-1-3-9-11-5/h1-4H,(H,13,14). The Hall–Kier alpha value is -2.31. The molecule has 7 heteroatoms. The van der Waals surface area contributed by atoms with Gasteiger partial charge in [-0.05, 0) is 12.1 Å². The molecule has 2 heterocycles. The predicted molar refractivity (Wildman–Crippen MR) is 43.9 cm³/mol. The zero-order valence-electron chi connectivity index (χ0n) is 6.90. The zero-order chi connectivity index (χ0) is 9.97. The molecule has 70 valence electrons. The Morgan fingerprint density at radius 2 is 2.36 bits per heavy atom. The van der Waals surface area contributed by atoms with Crippen LogP contribution in [0.2, 0.25) is 0 Å². The van der Waals surface area contributed by atoms with Gasteiger partial charge in [0.2, 0.25) is 5.82 Å². The number of aromatic carboxylic acids is 1.